The summed E-state index contributed by atoms with van der Waals surface area (Å²) in [6, 6.07) is 8.10. The number of halogens is 2. The van der Waals surface area contributed by atoms with Crippen molar-refractivity contribution in [1.82, 2.24) is 0 Å². The zero-order chi connectivity index (χ0) is 20.0. The van der Waals surface area contributed by atoms with Crippen LogP contribution in [0.5, 0.6) is 17.2 Å². The maximum Gasteiger partial charge on any atom is 0.310 e. The molecule has 0 N–H and O–H groups in total. The summed E-state index contributed by atoms with van der Waals surface area (Å²) in [5.74, 6) is 0.456. The average molecular weight is 378 g/mol. The van der Waals surface area contributed by atoms with Gasteiger partial charge < -0.3 is 14.2 Å². The molecule has 0 spiro atoms. The number of carbonyl (C=O) groups is 1. The number of hydrogen-bond donors (Lipinski definition) is 0. The summed E-state index contributed by atoms with van der Waals surface area (Å²) in [5.41, 5.74) is 2.07. The van der Waals surface area contributed by atoms with E-state index >= 15 is 0 Å². The van der Waals surface area contributed by atoms with Crippen molar-refractivity contribution in [3.8, 4) is 17.2 Å². The first kappa shape index (κ1) is 20.7. The highest BCUT2D eigenvalue weighted by Gasteiger charge is 2.19. The maximum absolute atomic E-state index is 13.5. The molecule has 27 heavy (non-hydrogen) atoms. The molecule has 0 saturated carbocycles. The quantitative estimate of drug-likeness (QED) is 0.456. The average Bonchev–Trinajstić information content (AvgIpc) is 2.66. The highest BCUT2D eigenvalue weighted by atomic mass is 19.3. The third kappa shape index (κ3) is 4.96. The summed E-state index contributed by atoms with van der Waals surface area (Å²) < 4.78 is 43.3. The highest BCUT2D eigenvalue weighted by molar-refractivity contribution is 5.72. The van der Waals surface area contributed by atoms with Gasteiger partial charge in [0, 0.05) is 6.42 Å². The number of methoxy groups -OCH3 is 1. The minimum absolute atomic E-state index is 0.0685. The van der Waals surface area contributed by atoms with Crippen LogP contribution in [0.25, 0.3) is 0 Å². The van der Waals surface area contributed by atoms with Gasteiger partial charge in [0.1, 0.15) is 23.9 Å². The van der Waals surface area contributed by atoms with Crippen LogP contribution >= 0.6 is 0 Å². The lowest BCUT2D eigenvalue weighted by molar-refractivity contribution is -0.134. The van der Waals surface area contributed by atoms with E-state index in [1.54, 1.807) is 31.2 Å². The van der Waals surface area contributed by atoms with E-state index in [1.807, 2.05) is 13.8 Å². The third-order valence-electron chi connectivity index (χ3n) is 4.28. The first-order chi connectivity index (χ1) is 12.9. The van der Waals surface area contributed by atoms with Crippen LogP contribution in [0.15, 0.2) is 30.3 Å². The van der Waals surface area contributed by atoms with Crippen molar-refractivity contribution < 1.29 is 27.8 Å². The lowest BCUT2D eigenvalue weighted by Gasteiger charge is -2.17. The summed E-state index contributed by atoms with van der Waals surface area (Å²) in [5, 5.41) is 0. The van der Waals surface area contributed by atoms with Crippen molar-refractivity contribution in [3.05, 3.63) is 52.6 Å². The van der Waals surface area contributed by atoms with Crippen LogP contribution in [0.2, 0.25) is 0 Å². The van der Waals surface area contributed by atoms with E-state index in [1.165, 1.54) is 13.2 Å². The summed E-state index contributed by atoms with van der Waals surface area (Å²) in [6.45, 7) is 5.40. The number of esters is 1. The highest BCUT2D eigenvalue weighted by Crippen LogP contribution is 2.35. The van der Waals surface area contributed by atoms with Crippen LogP contribution < -0.4 is 14.2 Å². The molecule has 0 radical (unpaired) electrons. The number of carbonyl (C=O) groups excluding carboxylic acids is 1. The van der Waals surface area contributed by atoms with Crippen LogP contribution in [-0.4, -0.2) is 13.1 Å². The molecule has 0 amide bonds. The first-order valence-corrected chi connectivity index (χ1v) is 8.82. The normalized spacial score (nSPS) is 10.8. The minimum atomic E-state index is -2.65. The molecule has 0 aromatic heterocycles. The second kappa shape index (κ2) is 9.35. The van der Waals surface area contributed by atoms with Crippen molar-refractivity contribution in [2.45, 2.75) is 46.6 Å². The summed E-state index contributed by atoms with van der Waals surface area (Å²) in [6.07, 6.45) is -1.78. The minimum Gasteiger partial charge on any atom is -0.496 e. The zero-order valence-corrected chi connectivity index (χ0v) is 16.0. The van der Waals surface area contributed by atoms with Crippen LogP contribution in [0.1, 0.15) is 48.9 Å². The van der Waals surface area contributed by atoms with Gasteiger partial charge in [0.05, 0.1) is 18.2 Å². The second-order valence-electron chi connectivity index (χ2n) is 6.02. The zero-order valence-electron chi connectivity index (χ0n) is 16.0. The first-order valence-electron chi connectivity index (χ1n) is 8.82. The monoisotopic (exact) mass is 378 g/mol. The van der Waals surface area contributed by atoms with E-state index in [-0.39, 0.29) is 24.3 Å². The summed E-state index contributed by atoms with van der Waals surface area (Å²) in [4.78, 5) is 11.7. The molecular weight excluding hydrogens is 354 g/mol. The lowest BCUT2D eigenvalue weighted by Crippen LogP contribution is -2.10. The molecule has 0 aliphatic heterocycles. The number of hydrogen-bond acceptors (Lipinski definition) is 4. The number of alkyl halides is 2. The molecule has 2 rings (SSSR count). The Morgan fingerprint density at radius 3 is 2.41 bits per heavy atom. The molecule has 0 heterocycles. The van der Waals surface area contributed by atoms with Crippen LogP contribution in [0, 0.1) is 6.92 Å². The number of benzene rings is 2. The van der Waals surface area contributed by atoms with E-state index in [2.05, 4.69) is 0 Å². The van der Waals surface area contributed by atoms with Crippen molar-refractivity contribution in [2.24, 2.45) is 0 Å². The van der Waals surface area contributed by atoms with Crippen molar-refractivity contribution in [2.75, 3.05) is 7.11 Å². The molecule has 0 fully saturated rings. The summed E-state index contributed by atoms with van der Waals surface area (Å²) >= 11 is 0. The van der Waals surface area contributed by atoms with E-state index in [0.29, 0.717) is 23.5 Å². The topological polar surface area (TPSA) is 44.8 Å². The fourth-order valence-electron chi connectivity index (χ4n) is 2.74. The van der Waals surface area contributed by atoms with Gasteiger partial charge in [-0.1, -0.05) is 19.9 Å². The molecule has 0 aliphatic rings. The van der Waals surface area contributed by atoms with Gasteiger partial charge in [0.25, 0.3) is 6.43 Å². The molecule has 4 nitrogen and oxygen atoms in total. The molecule has 0 bridgehead atoms. The van der Waals surface area contributed by atoms with Gasteiger partial charge in [-0.3, -0.25) is 4.79 Å². The standard InChI is InChI=1S/C21H24F2O4/c1-5-14-11-15(21(22)23)19(10-13(14)3)26-12-16-17(25-4)8-7-9-18(16)27-20(24)6-2/h7-11,21H,5-6,12H2,1-4H3. The van der Waals surface area contributed by atoms with E-state index in [4.69, 9.17) is 14.2 Å². The molecule has 6 heteroatoms. The molecule has 0 saturated heterocycles. The number of aryl methyl sites for hydroxylation is 2. The Labute approximate surface area is 158 Å². The van der Waals surface area contributed by atoms with Gasteiger partial charge >= 0.3 is 5.97 Å². The fraction of sp³-hybridized carbons (Fsp3) is 0.381. The third-order valence-corrected chi connectivity index (χ3v) is 4.28. The van der Waals surface area contributed by atoms with E-state index in [9.17, 15) is 13.6 Å². The van der Waals surface area contributed by atoms with Gasteiger partial charge in [-0.2, -0.15) is 0 Å². The molecule has 0 unspecified atom stereocenters. The van der Waals surface area contributed by atoms with Crippen molar-refractivity contribution in [3.63, 3.8) is 0 Å². The van der Waals surface area contributed by atoms with E-state index < -0.39 is 12.4 Å². The predicted molar refractivity (Wildman–Crippen MR) is 98.8 cm³/mol. The predicted octanol–water partition coefficient (Wildman–Crippen LogP) is 5.40. The van der Waals surface area contributed by atoms with Gasteiger partial charge in [-0.05, 0) is 48.7 Å². The molecule has 146 valence electrons. The van der Waals surface area contributed by atoms with Gasteiger partial charge in [-0.15, -0.1) is 0 Å². The molecule has 2 aromatic rings. The fourth-order valence-corrected chi connectivity index (χ4v) is 2.74. The van der Waals surface area contributed by atoms with Gasteiger partial charge in [-0.25, -0.2) is 8.78 Å². The summed E-state index contributed by atoms with van der Waals surface area (Å²) in [7, 11) is 1.48. The Bertz CT molecular complexity index is 803. The number of rotatable bonds is 8. The van der Waals surface area contributed by atoms with Gasteiger partial charge in [0.15, 0.2) is 0 Å². The Hall–Kier alpha value is -2.63. The molecule has 0 atom stereocenters. The smallest absolute Gasteiger partial charge is 0.310 e. The molecular formula is C21H24F2O4. The SMILES string of the molecule is CCC(=O)Oc1cccc(OC)c1COc1cc(C)c(CC)cc1C(F)F. The molecule has 2 aromatic carbocycles. The van der Waals surface area contributed by atoms with Gasteiger partial charge in [0.2, 0.25) is 0 Å². The Morgan fingerprint density at radius 1 is 1.11 bits per heavy atom. The Kier molecular flexibility index (Phi) is 7.16. The van der Waals surface area contributed by atoms with Crippen LogP contribution in [0.4, 0.5) is 8.78 Å². The van der Waals surface area contributed by atoms with Crippen molar-refractivity contribution in [1.29, 1.82) is 0 Å². The van der Waals surface area contributed by atoms with Crippen molar-refractivity contribution >= 4 is 5.97 Å². The van der Waals surface area contributed by atoms with E-state index in [0.717, 1.165) is 11.1 Å². The maximum atomic E-state index is 13.5. The number of ether oxygens (including phenoxy) is 3. The van der Waals surface area contributed by atoms with Crippen LogP contribution in [0.3, 0.4) is 0 Å². The Balaban J connectivity index is 2.36. The lowest BCUT2D eigenvalue weighted by atomic mass is 10.0. The van der Waals surface area contributed by atoms with Crippen LogP contribution in [-0.2, 0) is 17.8 Å². The Morgan fingerprint density at radius 2 is 1.81 bits per heavy atom. The molecule has 0 aliphatic carbocycles. The second-order valence-corrected chi connectivity index (χ2v) is 6.02. The largest absolute Gasteiger partial charge is 0.496 e.